The smallest absolute Gasteiger partial charge is 0.223 e. The molecule has 136 valence electrons. The first-order chi connectivity index (χ1) is 11.7. The van der Waals surface area contributed by atoms with Crippen molar-refractivity contribution in [2.45, 2.75) is 66.2 Å². The molecule has 1 amide bonds. The summed E-state index contributed by atoms with van der Waals surface area (Å²) in [7, 11) is 0. The predicted octanol–water partition coefficient (Wildman–Crippen LogP) is 4.75. The topological polar surface area (TPSA) is 66.9 Å². The Kier molecular flexibility index (Phi) is 4.60. The van der Waals surface area contributed by atoms with Crippen molar-refractivity contribution in [2.24, 2.45) is 40.2 Å². The van der Waals surface area contributed by atoms with Crippen LogP contribution in [0.4, 0.5) is 0 Å². The maximum absolute atomic E-state index is 12.3. The summed E-state index contributed by atoms with van der Waals surface area (Å²) in [5.74, 6) is 1.46. The monoisotopic (exact) mass is 340 g/mol. The van der Waals surface area contributed by atoms with Crippen LogP contribution in [0.3, 0.4) is 0 Å². The number of nitriles is 1. The number of amides is 1. The third-order valence-electron chi connectivity index (χ3n) is 7.66. The summed E-state index contributed by atoms with van der Waals surface area (Å²) in [4.78, 5) is 12.3. The van der Waals surface area contributed by atoms with Crippen LogP contribution in [0, 0.1) is 45.8 Å². The SMILES string of the molecule is CC(C)C1=CC2=CC[C@H]3[C@](C)(CCC[C@@]3(C)C(N)=O)[C@@H]2C[C@@H]1CC#N. The van der Waals surface area contributed by atoms with Gasteiger partial charge in [0.15, 0.2) is 0 Å². The first kappa shape index (κ1) is 18.2. The van der Waals surface area contributed by atoms with E-state index in [1.54, 1.807) is 0 Å². The van der Waals surface area contributed by atoms with Crippen LogP contribution >= 0.6 is 0 Å². The van der Waals surface area contributed by atoms with Gasteiger partial charge in [0.1, 0.15) is 0 Å². The summed E-state index contributed by atoms with van der Waals surface area (Å²) < 4.78 is 0. The molecule has 0 aliphatic heterocycles. The Morgan fingerprint density at radius 3 is 2.72 bits per heavy atom. The summed E-state index contributed by atoms with van der Waals surface area (Å²) in [6.45, 7) is 8.93. The minimum absolute atomic E-state index is 0.110. The largest absolute Gasteiger partial charge is 0.369 e. The minimum atomic E-state index is -0.401. The fourth-order valence-corrected chi connectivity index (χ4v) is 6.18. The zero-order valence-electron chi connectivity index (χ0n) is 16.1. The Balaban J connectivity index is 2.04. The van der Waals surface area contributed by atoms with Crippen molar-refractivity contribution in [1.82, 2.24) is 0 Å². The number of nitrogens with two attached hydrogens (primary N) is 1. The maximum atomic E-state index is 12.3. The molecule has 0 spiro atoms. The van der Waals surface area contributed by atoms with Gasteiger partial charge in [0.25, 0.3) is 0 Å². The molecule has 3 aliphatic rings. The van der Waals surface area contributed by atoms with Crippen molar-refractivity contribution in [3.63, 3.8) is 0 Å². The molecule has 1 saturated carbocycles. The fourth-order valence-electron chi connectivity index (χ4n) is 6.18. The number of carbonyl (C=O) groups is 1. The summed E-state index contributed by atoms with van der Waals surface area (Å²) in [6, 6.07) is 2.40. The quantitative estimate of drug-likeness (QED) is 0.806. The summed E-state index contributed by atoms with van der Waals surface area (Å²) in [5.41, 5.74) is 8.45. The van der Waals surface area contributed by atoms with E-state index in [0.29, 0.717) is 30.1 Å². The van der Waals surface area contributed by atoms with Gasteiger partial charge in [-0.3, -0.25) is 4.79 Å². The second-order valence-corrected chi connectivity index (χ2v) is 9.28. The number of hydrogen-bond donors (Lipinski definition) is 1. The van der Waals surface area contributed by atoms with Gasteiger partial charge >= 0.3 is 0 Å². The molecule has 3 nitrogen and oxygen atoms in total. The normalized spacial score (nSPS) is 40.4. The maximum Gasteiger partial charge on any atom is 0.223 e. The molecule has 0 bridgehead atoms. The van der Waals surface area contributed by atoms with Crippen molar-refractivity contribution >= 4 is 5.91 Å². The van der Waals surface area contributed by atoms with Crippen molar-refractivity contribution < 1.29 is 4.79 Å². The molecule has 0 unspecified atom stereocenters. The van der Waals surface area contributed by atoms with Crippen molar-refractivity contribution in [3.8, 4) is 6.07 Å². The van der Waals surface area contributed by atoms with Crippen molar-refractivity contribution in [1.29, 1.82) is 5.26 Å². The first-order valence-electron chi connectivity index (χ1n) is 9.82. The summed E-state index contributed by atoms with van der Waals surface area (Å²) >= 11 is 0. The third kappa shape index (κ3) is 2.75. The zero-order valence-corrected chi connectivity index (χ0v) is 16.1. The molecule has 0 aromatic rings. The number of fused-ring (bicyclic) bond motifs is 3. The van der Waals surface area contributed by atoms with E-state index in [9.17, 15) is 10.1 Å². The van der Waals surface area contributed by atoms with Crippen LogP contribution in [0.2, 0.25) is 0 Å². The number of nitrogens with zero attached hydrogens (tertiary/aromatic N) is 1. The first-order valence-corrected chi connectivity index (χ1v) is 9.82. The van der Waals surface area contributed by atoms with Gasteiger partial charge in [-0.1, -0.05) is 51.8 Å². The Hall–Kier alpha value is -1.56. The number of rotatable bonds is 3. The highest BCUT2D eigenvalue weighted by molar-refractivity contribution is 5.81. The Bertz CT molecular complexity index is 668. The predicted molar refractivity (Wildman–Crippen MR) is 100 cm³/mol. The molecule has 2 N–H and O–H groups in total. The minimum Gasteiger partial charge on any atom is -0.369 e. The Labute approximate surface area is 152 Å². The molecule has 0 aromatic heterocycles. The zero-order chi connectivity index (χ0) is 18.4. The molecule has 1 fully saturated rings. The van der Waals surface area contributed by atoms with Gasteiger partial charge in [0, 0.05) is 11.8 Å². The van der Waals surface area contributed by atoms with Gasteiger partial charge in [-0.05, 0) is 60.3 Å². The fraction of sp³-hybridized carbons (Fsp3) is 0.727. The molecule has 0 aromatic carbocycles. The van der Waals surface area contributed by atoms with Crippen LogP contribution in [0.1, 0.15) is 66.2 Å². The van der Waals surface area contributed by atoms with Crippen LogP contribution in [0.15, 0.2) is 23.3 Å². The molecule has 0 saturated heterocycles. The lowest BCUT2D eigenvalue weighted by Crippen LogP contribution is -2.55. The van der Waals surface area contributed by atoms with E-state index < -0.39 is 5.41 Å². The van der Waals surface area contributed by atoms with Crippen LogP contribution in [0.25, 0.3) is 0 Å². The van der Waals surface area contributed by atoms with Gasteiger partial charge in [-0.25, -0.2) is 0 Å². The van der Waals surface area contributed by atoms with Gasteiger partial charge < -0.3 is 5.73 Å². The molecule has 5 atom stereocenters. The lowest BCUT2D eigenvalue weighted by atomic mass is 9.46. The average Bonchev–Trinajstić information content (AvgIpc) is 2.54. The third-order valence-corrected chi connectivity index (χ3v) is 7.66. The van der Waals surface area contributed by atoms with Gasteiger partial charge in [0.2, 0.25) is 5.91 Å². The van der Waals surface area contributed by atoms with E-state index in [1.807, 2.05) is 0 Å². The summed E-state index contributed by atoms with van der Waals surface area (Å²) in [6.07, 6.45) is 10.5. The van der Waals surface area contributed by atoms with Crippen LogP contribution in [-0.4, -0.2) is 5.91 Å². The van der Waals surface area contributed by atoms with E-state index in [2.05, 4.69) is 45.9 Å². The lowest BCUT2D eigenvalue weighted by Gasteiger charge is -2.58. The van der Waals surface area contributed by atoms with Gasteiger partial charge in [0.05, 0.1) is 6.07 Å². The molecule has 3 heteroatoms. The standard InChI is InChI=1S/C22H32N2O/c1-14(2)17-12-16-6-7-19-21(3,18(16)13-15(17)8-11-23)9-5-10-22(19,4)20(24)25/h6,12,14-15,18-19H,5,7-10,13H2,1-4H3,(H2,24,25)/t15-,18+,19-,21+,22+/m0/s1. The van der Waals surface area contributed by atoms with Crippen LogP contribution < -0.4 is 5.73 Å². The van der Waals surface area contributed by atoms with Gasteiger partial charge in [-0.2, -0.15) is 5.26 Å². The highest BCUT2D eigenvalue weighted by atomic mass is 16.1. The molecule has 0 heterocycles. The number of allylic oxidation sites excluding steroid dienone is 4. The van der Waals surface area contributed by atoms with E-state index in [0.717, 1.165) is 32.1 Å². The van der Waals surface area contributed by atoms with Gasteiger partial charge in [-0.15, -0.1) is 0 Å². The number of carbonyl (C=O) groups excluding carboxylic acids is 1. The van der Waals surface area contributed by atoms with E-state index in [1.165, 1.54) is 11.1 Å². The molecular formula is C22H32N2O. The van der Waals surface area contributed by atoms with Crippen LogP contribution in [0.5, 0.6) is 0 Å². The van der Waals surface area contributed by atoms with Crippen molar-refractivity contribution in [2.75, 3.05) is 0 Å². The molecule has 3 aliphatic carbocycles. The van der Waals surface area contributed by atoms with E-state index in [4.69, 9.17) is 5.73 Å². The Morgan fingerprint density at radius 1 is 1.40 bits per heavy atom. The highest BCUT2D eigenvalue weighted by Crippen LogP contribution is 2.62. The highest BCUT2D eigenvalue weighted by Gasteiger charge is 2.57. The molecule has 3 rings (SSSR count). The summed E-state index contributed by atoms with van der Waals surface area (Å²) in [5, 5.41) is 9.31. The van der Waals surface area contributed by atoms with E-state index >= 15 is 0 Å². The lowest BCUT2D eigenvalue weighted by molar-refractivity contribution is -0.140. The molecule has 0 radical (unpaired) electrons. The second kappa shape index (κ2) is 6.31. The Morgan fingerprint density at radius 2 is 2.12 bits per heavy atom. The second-order valence-electron chi connectivity index (χ2n) is 9.28. The van der Waals surface area contributed by atoms with Crippen molar-refractivity contribution in [3.05, 3.63) is 23.3 Å². The average molecular weight is 341 g/mol. The molecular weight excluding hydrogens is 308 g/mol. The van der Waals surface area contributed by atoms with Crippen LogP contribution in [-0.2, 0) is 4.79 Å². The molecule has 25 heavy (non-hydrogen) atoms. The van der Waals surface area contributed by atoms with E-state index in [-0.39, 0.29) is 11.3 Å². The number of hydrogen-bond acceptors (Lipinski definition) is 2. The number of primary amides is 1.